The van der Waals surface area contributed by atoms with Crippen molar-refractivity contribution in [3.05, 3.63) is 59.7 Å². The highest BCUT2D eigenvalue weighted by molar-refractivity contribution is 5.34. The SMILES string of the molecule is CCCOc1ccc(C(C)(C)Cc2ccc(OCC)cc2)cc1. The molecule has 2 nitrogen and oxygen atoms in total. The van der Waals surface area contributed by atoms with E-state index >= 15 is 0 Å². The number of rotatable bonds is 8. The minimum atomic E-state index is 0.0798. The Bertz CT molecular complexity index is 582. The first-order valence-corrected chi connectivity index (χ1v) is 8.50. The van der Waals surface area contributed by atoms with Gasteiger partial charge in [0.1, 0.15) is 11.5 Å². The molecule has 0 radical (unpaired) electrons. The summed E-state index contributed by atoms with van der Waals surface area (Å²) in [5, 5.41) is 0. The van der Waals surface area contributed by atoms with Crippen molar-refractivity contribution in [2.45, 2.75) is 46.0 Å². The lowest BCUT2D eigenvalue weighted by atomic mass is 9.79. The van der Waals surface area contributed by atoms with Crippen LogP contribution in [0, 0.1) is 0 Å². The molecule has 0 fully saturated rings. The Hall–Kier alpha value is -1.96. The van der Waals surface area contributed by atoms with E-state index in [4.69, 9.17) is 9.47 Å². The fraction of sp³-hybridized carbons (Fsp3) is 0.429. The lowest BCUT2D eigenvalue weighted by molar-refractivity contribution is 0.317. The Balaban J connectivity index is 2.05. The van der Waals surface area contributed by atoms with E-state index in [2.05, 4.69) is 69.3 Å². The third kappa shape index (κ3) is 5.02. The van der Waals surface area contributed by atoms with Crippen molar-refractivity contribution in [2.24, 2.45) is 0 Å². The Morgan fingerprint density at radius 1 is 0.783 bits per heavy atom. The molecule has 2 heteroatoms. The highest BCUT2D eigenvalue weighted by Gasteiger charge is 2.21. The molecule has 2 aromatic rings. The molecule has 0 bridgehead atoms. The molecule has 0 N–H and O–H groups in total. The summed E-state index contributed by atoms with van der Waals surface area (Å²) in [4.78, 5) is 0. The van der Waals surface area contributed by atoms with Crippen molar-refractivity contribution in [3.63, 3.8) is 0 Å². The van der Waals surface area contributed by atoms with Gasteiger partial charge in [-0.1, -0.05) is 45.0 Å². The van der Waals surface area contributed by atoms with Gasteiger partial charge in [0, 0.05) is 0 Å². The summed E-state index contributed by atoms with van der Waals surface area (Å²) in [5.41, 5.74) is 2.73. The topological polar surface area (TPSA) is 18.5 Å². The number of hydrogen-bond acceptors (Lipinski definition) is 2. The molecule has 0 amide bonds. The maximum absolute atomic E-state index is 5.66. The Morgan fingerprint density at radius 3 is 1.91 bits per heavy atom. The lowest BCUT2D eigenvalue weighted by Gasteiger charge is -2.26. The minimum Gasteiger partial charge on any atom is -0.494 e. The van der Waals surface area contributed by atoms with Crippen molar-refractivity contribution in [3.8, 4) is 11.5 Å². The molecule has 0 atom stereocenters. The third-order valence-corrected chi connectivity index (χ3v) is 3.99. The van der Waals surface area contributed by atoms with Gasteiger partial charge in [-0.15, -0.1) is 0 Å². The van der Waals surface area contributed by atoms with Crippen LogP contribution in [-0.4, -0.2) is 13.2 Å². The van der Waals surface area contributed by atoms with Crippen LogP contribution >= 0.6 is 0 Å². The zero-order valence-corrected chi connectivity index (χ0v) is 14.8. The van der Waals surface area contributed by atoms with Crippen LogP contribution in [0.5, 0.6) is 11.5 Å². The number of hydrogen-bond donors (Lipinski definition) is 0. The second-order valence-electron chi connectivity index (χ2n) is 6.51. The molecule has 23 heavy (non-hydrogen) atoms. The second kappa shape index (κ2) is 8.05. The van der Waals surface area contributed by atoms with Crippen LogP contribution in [0.15, 0.2) is 48.5 Å². The molecule has 2 aromatic carbocycles. The van der Waals surface area contributed by atoms with E-state index in [0.717, 1.165) is 30.9 Å². The van der Waals surface area contributed by atoms with Crippen LogP contribution in [0.4, 0.5) is 0 Å². The van der Waals surface area contributed by atoms with Gasteiger partial charge in [0.05, 0.1) is 13.2 Å². The zero-order chi connectivity index (χ0) is 16.7. The predicted octanol–water partition coefficient (Wildman–Crippen LogP) is 5.39. The molecule has 0 aliphatic heterocycles. The fourth-order valence-corrected chi connectivity index (χ4v) is 2.70. The summed E-state index contributed by atoms with van der Waals surface area (Å²) >= 11 is 0. The monoisotopic (exact) mass is 312 g/mol. The van der Waals surface area contributed by atoms with Gasteiger partial charge in [-0.05, 0) is 60.6 Å². The van der Waals surface area contributed by atoms with Crippen LogP contribution in [0.1, 0.15) is 45.2 Å². The van der Waals surface area contributed by atoms with Gasteiger partial charge in [0.15, 0.2) is 0 Å². The predicted molar refractivity (Wildman–Crippen MR) is 96.6 cm³/mol. The van der Waals surface area contributed by atoms with Crippen molar-refractivity contribution in [1.82, 2.24) is 0 Å². The molecule has 0 aliphatic carbocycles. The van der Waals surface area contributed by atoms with Crippen LogP contribution in [-0.2, 0) is 11.8 Å². The Kier molecular flexibility index (Phi) is 6.09. The molecule has 0 aliphatic rings. The number of ether oxygens (including phenoxy) is 2. The van der Waals surface area contributed by atoms with Crippen LogP contribution in [0.3, 0.4) is 0 Å². The first-order valence-electron chi connectivity index (χ1n) is 8.50. The van der Waals surface area contributed by atoms with Gasteiger partial charge < -0.3 is 9.47 Å². The first-order chi connectivity index (χ1) is 11.0. The van der Waals surface area contributed by atoms with E-state index in [-0.39, 0.29) is 5.41 Å². The smallest absolute Gasteiger partial charge is 0.119 e. The molecule has 0 spiro atoms. The summed E-state index contributed by atoms with van der Waals surface area (Å²) in [6, 6.07) is 16.9. The molecule has 0 saturated carbocycles. The summed E-state index contributed by atoms with van der Waals surface area (Å²) in [5.74, 6) is 1.89. The molecule has 0 saturated heterocycles. The van der Waals surface area contributed by atoms with Gasteiger partial charge in [-0.25, -0.2) is 0 Å². The normalized spacial score (nSPS) is 11.3. The maximum Gasteiger partial charge on any atom is 0.119 e. The van der Waals surface area contributed by atoms with Crippen molar-refractivity contribution >= 4 is 0 Å². The van der Waals surface area contributed by atoms with Gasteiger partial charge >= 0.3 is 0 Å². The van der Waals surface area contributed by atoms with E-state index in [1.54, 1.807) is 0 Å². The Morgan fingerprint density at radius 2 is 1.35 bits per heavy atom. The minimum absolute atomic E-state index is 0.0798. The standard InChI is InChI=1S/C21H28O2/c1-5-15-23-20-13-9-18(10-14-20)21(3,4)16-17-7-11-19(12-8-17)22-6-2/h7-14H,5-6,15-16H2,1-4H3. The summed E-state index contributed by atoms with van der Waals surface area (Å²) in [6.07, 6.45) is 2.03. The van der Waals surface area contributed by atoms with Crippen LogP contribution in [0.2, 0.25) is 0 Å². The average Bonchev–Trinajstić information content (AvgIpc) is 2.55. The van der Waals surface area contributed by atoms with Crippen molar-refractivity contribution in [1.29, 1.82) is 0 Å². The van der Waals surface area contributed by atoms with E-state index in [1.807, 2.05) is 6.92 Å². The lowest BCUT2D eigenvalue weighted by Crippen LogP contribution is -2.20. The van der Waals surface area contributed by atoms with E-state index in [1.165, 1.54) is 11.1 Å². The molecule has 2 rings (SSSR count). The highest BCUT2D eigenvalue weighted by Crippen LogP contribution is 2.29. The second-order valence-corrected chi connectivity index (χ2v) is 6.51. The zero-order valence-electron chi connectivity index (χ0n) is 14.8. The summed E-state index contributed by atoms with van der Waals surface area (Å²) < 4.78 is 11.2. The highest BCUT2D eigenvalue weighted by atomic mass is 16.5. The quantitative estimate of drug-likeness (QED) is 0.650. The van der Waals surface area contributed by atoms with Gasteiger partial charge in [-0.3, -0.25) is 0 Å². The van der Waals surface area contributed by atoms with Crippen molar-refractivity contribution in [2.75, 3.05) is 13.2 Å². The molecule has 0 unspecified atom stereocenters. The summed E-state index contributed by atoms with van der Waals surface area (Å²) in [7, 11) is 0. The summed E-state index contributed by atoms with van der Waals surface area (Å²) in [6.45, 7) is 10.2. The molecule has 124 valence electrons. The number of benzene rings is 2. The third-order valence-electron chi connectivity index (χ3n) is 3.99. The molecule has 0 aromatic heterocycles. The Labute approximate surface area is 140 Å². The maximum atomic E-state index is 5.66. The van der Waals surface area contributed by atoms with E-state index in [9.17, 15) is 0 Å². The van der Waals surface area contributed by atoms with Gasteiger partial charge in [-0.2, -0.15) is 0 Å². The van der Waals surface area contributed by atoms with Crippen LogP contribution in [0.25, 0.3) is 0 Å². The molecular weight excluding hydrogens is 284 g/mol. The van der Waals surface area contributed by atoms with E-state index in [0.29, 0.717) is 6.61 Å². The average molecular weight is 312 g/mol. The largest absolute Gasteiger partial charge is 0.494 e. The van der Waals surface area contributed by atoms with Crippen molar-refractivity contribution < 1.29 is 9.47 Å². The van der Waals surface area contributed by atoms with Gasteiger partial charge in [0.25, 0.3) is 0 Å². The van der Waals surface area contributed by atoms with E-state index < -0.39 is 0 Å². The molecule has 0 heterocycles. The van der Waals surface area contributed by atoms with Gasteiger partial charge in [0.2, 0.25) is 0 Å². The fourth-order valence-electron chi connectivity index (χ4n) is 2.70. The van der Waals surface area contributed by atoms with Crippen LogP contribution < -0.4 is 9.47 Å². The molecular formula is C21H28O2. The first kappa shape index (κ1) is 17.4.